The lowest BCUT2D eigenvalue weighted by atomic mass is 10.2. The van der Waals surface area contributed by atoms with Crippen LogP contribution in [-0.4, -0.2) is 35.9 Å². The molecule has 0 unspecified atom stereocenters. The molecular formula is C15H16N8O2. The number of nitrogens with zero attached hydrogens (tertiary/aromatic N) is 6. The van der Waals surface area contributed by atoms with Crippen molar-refractivity contribution in [3.05, 3.63) is 51.9 Å². The number of carbonyl (C=O) groups is 1. The molecule has 0 aliphatic carbocycles. The molecule has 0 bridgehead atoms. The molecule has 128 valence electrons. The second kappa shape index (κ2) is 6.51. The highest BCUT2D eigenvalue weighted by atomic mass is 16.2. The zero-order valence-electron chi connectivity index (χ0n) is 13.9. The van der Waals surface area contributed by atoms with Crippen molar-refractivity contribution >= 4 is 23.2 Å². The van der Waals surface area contributed by atoms with E-state index in [1.165, 1.54) is 11.7 Å². The molecule has 1 aromatic carbocycles. The second-order valence-electron chi connectivity index (χ2n) is 5.35. The summed E-state index contributed by atoms with van der Waals surface area (Å²) >= 11 is 0. The summed E-state index contributed by atoms with van der Waals surface area (Å²) in [6, 6.07) is 9.21. The molecule has 0 radical (unpaired) electrons. The summed E-state index contributed by atoms with van der Waals surface area (Å²) in [6.07, 6.45) is 0. The van der Waals surface area contributed by atoms with Gasteiger partial charge in [0.05, 0.1) is 5.69 Å². The van der Waals surface area contributed by atoms with E-state index < -0.39 is 5.91 Å². The number of para-hydroxylation sites is 1. The maximum Gasteiger partial charge on any atom is 0.280 e. The Hall–Kier alpha value is -3.56. The molecule has 3 aromatic rings. The van der Waals surface area contributed by atoms with Crippen molar-refractivity contribution in [2.24, 2.45) is 14.1 Å². The van der Waals surface area contributed by atoms with Crippen molar-refractivity contribution in [2.45, 2.75) is 6.92 Å². The smallest absolute Gasteiger partial charge is 0.280 e. The summed E-state index contributed by atoms with van der Waals surface area (Å²) in [7, 11) is 3.08. The Morgan fingerprint density at radius 2 is 1.84 bits per heavy atom. The number of rotatable bonds is 4. The maximum atomic E-state index is 12.7. The molecule has 0 aliphatic heterocycles. The second-order valence-corrected chi connectivity index (χ2v) is 5.35. The molecule has 0 fully saturated rings. The first-order valence-electron chi connectivity index (χ1n) is 7.41. The Morgan fingerprint density at radius 1 is 1.12 bits per heavy atom. The van der Waals surface area contributed by atoms with Crippen LogP contribution < -0.4 is 16.2 Å². The average Bonchev–Trinajstić information content (AvgIpc) is 3.01. The van der Waals surface area contributed by atoms with Gasteiger partial charge in [0.25, 0.3) is 11.5 Å². The first-order chi connectivity index (χ1) is 12.0. The normalized spacial score (nSPS) is 10.5. The molecule has 0 saturated carbocycles. The van der Waals surface area contributed by atoms with Crippen LogP contribution >= 0.6 is 0 Å². The zero-order valence-corrected chi connectivity index (χ0v) is 13.9. The maximum absolute atomic E-state index is 12.7. The van der Waals surface area contributed by atoms with Crippen molar-refractivity contribution in [3.63, 3.8) is 0 Å². The SMILES string of the molecule is Cc1c(Nc2ccccc2)c(C(=O)Nc2nnnn2C)nn(C)c1=O. The fourth-order valence-corrected chi connectivity index (χ4v) is 2.25. The topological polar surface area (TPSA) is 120 Å². The van der Waals surface area contributed by atoms with E-state index in [1.807, 2.05) is 30.3 Å². The minimum absolute atomic E-state index is 0.0615. The van der Waals surface area contributed by atoms with Crippen LogP contribution in [0.4, 0.5) is 17.3 Å². The van der Waals surface area contributed by atoms with Crippen molar-refractivity contribution in [2.75, 3.05) is 10.6 Å². The van der Waals surface area contributed by atoms with Gasteiger partial charge in [-0.05, 0) is 29.5 Å². The predicted octanol–water partition coefficient (Wildman–Crippen LogP) is 0.608. The summed E-state index contributed by atoms with van der Waals surface area (Å²) in [5, 5.41) is 20.6. The fourth-order valence-electron chi connectivity index (χ4n) is 2.25. The Bertz CT molecular complexity index is 977. The van der Waals surface area contributed by atoms with E-state index in [-0.39, 0.29) is 17.2 Å². The lowest BCUT2D eigenvalue weighted by Gasteiger charge is -2.14. The molecule has 10 nitrogen and oxygen atoms in total. The lowest BCUT2D eigenvalue weighted by molar-refractivity contribution is 0.101. The van der Waals surface area contributed by atoms with Gasteiger partial charge < -0.3 is 5.32 Å². The Morgan fingerprint density at radius 3 is 2.48 bits per heavy atom. The molecule has 2 N–H and O–H groups in total. The van der Waals surface area contributed by atoms with Gasteiger partial charge in [0.2, 0.25) is 5.95 Å². The largest absolute Gasteiger partial charge is 0.353 e. The van der Waals surface area contributed by atoms with Crippen molar-refractivity contribution < 1.29 is 4.79 Å². The number of hydrogen-bond acceptors (Lipinski definition) is 7. The van der Waals surface area contributed by atoms with Crippen LogP contribution in [0.1, 0.15) is 16.1 Å². The van der Waals surface area contributed by atoms with E-state index in [0.717, 1.165) is 10.4 Å². The van der Waals surface area contributed by atoms with Crippen LogP contribution in [-0.2, 0) is 14.1 Å². The third-order valence-electron chi connectivity index (χ3n) is 3.58. The predicted molar refractivity (Wildman–Crippen MR) is 90.7 cm³/mol. The summed E-state index contributed by atoms with van der Waals surface area (Å²) in [5.41, 5.74) is 1.21. The summed E-state index contributed by atoms with van der Waals surface area (Å²) in [4.78, 5) is 24.9. The minimum atomic E-state index is -0.532. The monoisotopic (exact) mass is 340 g/mol. The molecular weight excluding hydrogens is 324 g/mol. The summed E-state index contributed by atoms with van der Waals surface area (Å²) in [6.45, 7) is 1.63. The van der Waals surface area contributed by atoms with Crippen LogP contribution in [0, 0.1) is 6.92 Å². The molecule has 0 saturated heterocycles. The van der Waals surface area contributed by atoms with E-state index in [2.05, 4.69) is 31.3 Å². The molecule has 25 heavy (non-hydrogen) atoms. The third-order valence-corrected chi connectivity index (χ3v) is 3.58. The fraction of sp³-hybridized carbons (Fsp3) is 0.200. The van der Waals surface area contributed by atoms with Crippen molar-refractivity contribution in [1.29, 1.82) is 0 Å². The lowest BCUT2D eigenvalue weighted by Crippen LogP contribution is -2.29. The Labute approximate surface area is 142 Å². The number of aromatic nitrogens is 6. The minimum Gasteiger partial charge on any atom is -0.353 e. The van der Waals surface area contributed by atoms with E-state index in [4.69, 9.17) is 0 Å². The number of amides is 1. The quantitative estimate of drug-likeness (QED) is 0.714. The first kappa shape index (κ1) is 16.3. The summed E-state index contributed by atoms with van der Waals surface area (Å²) < 4.78 is 2.44. The van der Waals surface area contributed by atoms with Gasteiger partial charge in [-0.15, -0.1) is 0 Å². The van der Waals surface area contributed by atoms with Gasteiger partial charge in [-0.3, -0.25) is 14.9 Å². The number of benzene rings is 1. The van der Waals surface area contributed by atoms with Gasteiger partial charge in [0.15, 0.2) is 5.69 Å². The van der Waals surface area contributed by atoms with Gasteiger partial charge in [0.1, 0.15) is 0 Å². The highest BCUT2D eigenvalue weighted by molar-refractivity contribution is 6.06. The third kappa shape index (κ3) is 3.22. The van der Waals surface area contributed by atoms with Crippen LogP contribution in [0.3, 0.4) is 0 Å². The first-order valence-corrected chi connectivity index (χ1v) is 7.41. The van der Waals surface area contributed by atoms with E-state index >= 15 is 0 Å². The van der Waals surface area contributed by atoms with Crippen LogP contribution in [0.25, 0.3) is 0 Å². The van der Waals surface area contributed by atoms with Crippen molar-refractivity contribution in [3.8, 4) is 0 Å². The van der Waals surface area contributed by atoms with Crippen LogP contribution in [0.5, 0.6) is 0 Å². The van der Waals surface area contributed by atoms with E-state index in [9.17, 15) is 9.59 Å². The number of carbonyl (C=O) groups excluding carboxylic acids is 1. The highest BCUT2D eigenvalue weighted by Crippen LogP contribution is 2.22. The highest BCUT2D eigenvalue weighted by Gasteiger charge is 2.21. The number of nitrogens with one attached hydrogen (secondary N) is 2. The van der Waals surface area contributed by atoms with Gasteiger partial charge in [-0.25, -0.2) is 9.36 Å². The molecule has 1 amide bonds. The molecule has 0 spiro atoms. The van der Waals surface area contributed by atoms with Crippen molar-refractivity contribution in [1.82, 2.24) is 30.0 Å². The van der Waals surface area contributed by atoms with Gasteiger partial charge >= 0.3 is 0 Å². The number of anilines is 3. The van der Waals surface area contributed by atoms with E-state index in [1.54, 1.807) is 14.0 Å². The number of hydrogen-bond donors (Lipinski definition) is 2. The molecule has 10 heteroatoms. The summed E-state index contributed by atoms with van der Waals surface area (Å²) in [5.74, 6) is -0.362. The molecule has 0 aliphatic rings. The van der Waals surface area contributed by atoms with Crippen LogP contribution in [0.2, 0.25) is 0 Å². The van der Waals surface area contributed by atoms with Crippen LogP contribution in [0.15, 0.2) is 35.1 Å². The number of aryl methyl sites for hydroxylation is 2. The molecule has 3 rings (SSSR count). The molecule has 2 heterocycles. The van der Waals surface area contributed by atoms with E-state index in [0.29, 0.717) is 11.3 Å². The van der Waals surface area contributed by atoms with Gasteiger partial charge in [-0.2, -0.15) is 5.10 Å². The Balaban J connectivity index is 2.04. The standard InChI is InChI=1S/C15H16N8O2/c1-9-11(16-10-7-5-4-6-8-10)12(19-22(2)14(9)25)13(24)17-15-18-20-21-23(15)3/h4-8,16H,1-3H3,(H,17,18,21,24). The Kier molecular flexibility index (Phi) is 4.25. The van der Waals surface area contributed by atoms with Gasteiger partial charge in [-0.1, -0.05) is 23.3 Å². The van der Waals surface area contributed by atoms with Gasteiger partial charge in [0, 0.05) is 25.3 Å². The number of tetrazole rings is 1. The molecule has 0 atom stereocenters. The average molecular weight is 340 g/mol. The molecule has 2 aromatic heterocycles. The zero-order chi connectivity index (χ0) is 18.0.